The lowest BCUT2D eigenvalue weighted by atomic mass is 10.1. The molecule has 8 nitrogen and oxygen atoms in total. The molecule has 3 aromatic heterocycles. The van der Waals surface area contributed by atoms with E-state index in [2.05, 4.69) is 20.4 Å². The first-order chi connectivity index (χ1) is 13.2. The third kappa shape index (κ3) is 3.24. The highest BCUT2D eigenvalue weighted by Gasteiger charge is 2.20. The van der Waals surface area contributed by atoms with Gasteiger partial charge in [-0.2, -0.15) is 4.52 Å². The molecule has 0 amide bonds. The predicted molar refractivity (Wildman–Crippen MR) is 98.3 cm³/mol. The van der Waals surface area contributed by atoms with Gasteiger partial charge in [0.2, 0.25) is 11.8 Å². The Labute approximate surface area is 154 Å². The van der Waals surface area contributed by atoms with Gasteiger partial charge in [-0.3, -0.25) is 0 Å². The molecule has 0 aliphatic heterocycles. The number of anilines is 1. The van der Waals surface area contributed by atoms with Gasteiger partial charge in [-0.1, -0.05) is 29.8 Å². The number of nitrogens with one attached hydrogen (secondary N) is 1. The van der Waals surface area contributed by atoms with E-state index in [1.54, 1.807) is 19.2 Å². The normalized spacial score (nSPS) is 10.9. The summed E-state index contributed by atoms with van der Waals surface area (Å²) in [5.41, 5.74) is 2.59. The molecule has 8 heteroatoms. The van der Waals surface area contributed by atoms with Crippen molar-refractivity contribution in [1.29, 1.82) is 0 Å². The average molecular weight is 363 g/mol. The van der Waals surface area contributed by atoms with E-state index in [9.17, 15) is 4.79 Å². The summed E-state index contributed by atoms with van der Waals surface area (Å²) in [6, 6.07) is 11.3. The van der Waals surface area contributed by atoms with E-state index in [1.165, 1.54) is 17.0 Å². The van der Waals surface area contributed by atoms with Gasteiger partial charge >= 0.3 is 5.97 Å². The van der Waals surface area contributed by atoms with Crippen LogP contribution in [0.25, 0.3) is 17.2 Å². The molecule has 0 saturated heterocycles. The van der Waals surface area contributed by atoms with E-state index < -0.39 is 5.97 Å². The second kappa shape index (κ2) is 6.91. The molecule has 0 bridgehead atoms. The van der Waals surface area contributed by atoms with Crippen LogP contribution in [0.2, 0.25) is 0 Å². The number of carbonyl (C=O) groups is 1. The van der Waals surface area contributed by atoms with Crippen molar-refractivity contribution in [3.63, 3.8) is 0 Å². The van der Waals surface area contributed by atoms with Gasteiger partial charge in [0.1, 0.15) is 12.2 Å². The van der Waals surface area contributed by atoms with Crippen molar-refractivity contribution in [2.45, 2.75) is 13.5 Å². The molecule has 1 aromatic carbocycles. The first kappa shape index (κ1) is 16.8. The largest absolute Gasteiger partial charge is 0.461 e. The van der Waals surface area contributed by atoms with E-state index in [4.69, 9.17) is 9.15 Å². The highest BCUT2D eigenvalue weighted by atomic mass is 16.5. The number of hydrogen-bond donors (Lipinski definition) is 1. The summed E-state index contributed by atoms with van der Waals surface area (Å²) in [6.45, 7) is 2.15. The van der Waals surface area contributed by atoms with Gasteiger partial charge in [-0.15, -0.1) is 5.10 Å². The van der Waals surface area contributed by atoms with Crippen molar-refractivity contribution >= 4 is 17.6 Å². The fourth-order valence-corrected chi connectivity index (χ4v) is 2.73. The molecule has 0 spiro atoms. The molecule has 0 atom stereocenters. The molecular weight excluding hydrogens is 346 g/mol. The van der Waals surface area contributed by atoms with E-state index in [0.717, 1.165) is 11.1 Å². The molecule has 0 radical (unpaired) electrons. The number of ether oxygens (including phenoxy) is 1. The molecule has 3 heterocycles. The van der Waals surface area contributed by atoms with Gasteiger partial charge in [0.15, 0.2) is 11.4 Å². The number of aryl methyl sites for hydroxylation is 1. The highest BCUT2D eigenvalue weighted by molar-refractivity contribution is 5.96. The van der Waals surface area contributed by atoms with Crippen LogP contribution in [0.1, 0.15) is 21.5 Å². The van der Waals surface area contributed by atoms with Crippen LogP contribution in [0, 0.1) is 6.92 Å². The van der Waals surface area contributed by atoms with Gasteiger partial charge in [0.05, 0.1) is 6.26 Å². The Morgan fingerprint density at radius 3 is 2.93 bits per heavy atom. The Balaban J connectivity index is 1.67. The fraction of sp³-hybridized carbons (Fsp3) is 0.158. The summed E-state index contributed by atoms with van der Waals surface area (Å²) >= 11 is 0. The third-order valence-corrected chi connectivity index (χ3v) is 4.00. The predicted octanol–water partition coefficient (Wildman–Crippen LogP) is 3.09. The van der Waals surface area contributed by atoms with Crippen LogP contribution in [0.4, 0.5) is 5.95 Å². The molecule has 136 valence electrons. The number of rotatable bonds is 5. The maximum atomic E-state index is 12.6. The average Bonchev–Trinajstić information content (AvgIpc) is 3.34. The molecule has 4 aromatic rings. The Bertz CT molecular complexity index is 1100. The lowest BCUT2D eigenvalue weighted by molar-refractivity contribution is 0.0473. The van der Waals surface area contributed by atoms with Crippen molar-refractivity contribution in [3.8, 4) is 11.6 Å². The van der Waals surface area contributed by atoms with E-state index in [0.29, 0.717) is 23.2 Å². The summed E-state index contributed by atoms with van der Waals surface area (Å²) in [6.07, 6.45) is 2.97. The number of carbonyl (C=O) groups excluding carboxylic acids is 1. The van der Waals surface area contributed by atoms with Crippen LogP contribution in [0.15, 0.2) is 53.3 Å². The lowest BCUT2D eigenvalue weighted by Gasteiger charge is -2.07. The molecule has 0 unspecified atom stereocenters. The first-order valence-corrected chi connectivity index (χ1v) is 8.36. The summed E-state index contributed by atoms with van der Waals surface area (Å²) in [5.74, 6) is 0.789. The monoisotopic (exact) mass is 363 g/mol. The second-order valence-electron chi connectivity index (χ2n) is 5.96. The summed E-state index contributed by atoms with van der Waals surface area (Å²) < 4.78 is 12.3. The zero-order valence-electron chi connectivity index (χ0n) is 14.8. The van der Waals surface area contributed by atoms with Gasteiger partial charge in [-0.05, 0) is 24.6 Å². The maximum absolute atomic E-state index is 12.6. The van der Waals surface area contributed by atoms with Crippen LogP contribution in [-0.2, 0) is 11.3 Å². The number of esters is 1. The van der Waals surface area contributed by atoms with Crippen LogP contribution >= 0.6 is 0 Å². The Kier molecular flexibility index (Phi) is 4.29. The van der Waals surface area contributed by atoms with Crippen molar-refractivity contribution in [2.75, 3.05) is 12.4 Å². The zero-order valence-corrected chi connectivity index (χ0v) is 14.8. The van der Waals surface area contributed by atoms with Crippen LogP contribution in [-0.4, -0.2) is 32.6 Å². The number of furan rings is 1. The molecule has 0 aliphatic rings. The summed E-state index contributed by atoms with van der Waals surface area (Å²) in [4.78, 5) is 21.3. The standard InChI is InChI=1S/C19H17N5O3/c1-12-5-3-6-13(9-12)11-27-18(25)14-10-21-19(20-2)24-17(14)22-16(23-24)15-7-4-8-26-15/h3-10H,11H2,1-2H3,(H,20,21). The second-order valence-corrected chi connectivity index (χ2v) is 5.96. The molecule has 0 aliphatic carbocycles. The van der Waals surface area contributed by atoms with Gasteiger partial charge in [-0.25, -0.2) is 14.8 Å². The minimum atomic E-state index is -0.518. The summed E-state index contributed by atoms with van der Waals surface area (Å²) in [5, 5.41) is 7.30. The van der Waals surface area contributed by atoms with Gasteiger partial charge in [0.25, 0.3) is 0 Å². The van der Waals surface area contributed by atoms with Crippen LogP contribution in [0.3, 0.4) is 0 Å². The van der Waals surface area contributed by atoms with E-state index in [1.807, 2.05) is 31.2 Å². The number of benzene rings is 1. The molecule has 4 rings (SSSR count). The van der Waals surface area contributed by atoms with Crippen molar-refractivity contribution in [3.05, 3.63) is 65.5 Å². The van der Waals surface area contributed by atoms with Crippen molar-refractivity contribution in [2.24, 2.45) is 0 Å². The van der Waals surface area contributed by atoms with Crippen molar-refractivity contribution in [1.82, 2.24) is 19.6 Å². The minimum absolute atomic E-state index is 0.166. The van der Waals surface area contributed by atoms with Gasteiger partial charge in [0, 0.05) is 13.2 Å². The molecule has 27 heavy (non-hydrogen) atoms. The summed E-state index contributed by atoms with van der Waals surface area (Å²) in [7, 11) is 1.71. The minimum Gasteiger partial charge on any atom is -0.461 e. The van der Waals surface area contributed by atoms with Gasteiger partial charge < -0.3 is 14.5 Å². The smallest absolute Gasteiger partial charge is 0.343 e. The van der Waals surface area contributed by atoms with E-state index >= 15 is 0 Å². The highest BCUT2D eigenvalue weighted by Crippen LogP contribution is 2.21. The number of fused-ring (bicyclic) bond motifs is 1. The molecule has 0 saturated carbocycles. The Morgan fingerprint density at radius 2 is 2.19 bits per heavy atom. The van der Waals surface area contributed by atoms with E-state index in [-0.39, 0.29) is 12.2 Å². The van der Waals surface area contributed by atoms with Crippen LogP contribution in [0.5, 0.6) is 0 Å². The molecule has 1 N–H and O–H groups in total. The van der Waals surface area contributed by atoms with Crippen LogP contribution < -0.4 is 5.32 Å². The number of hydrogen-bond acceptors (Lipinski definition) is 7. The quantitative estimate of drug-likeness (QED) is 0.544. The lowest BCUT2D eigenvalue weighted by Crippen LogP contribution is -2.11. The molecular formula is C19H17N5O3. The Hall–Kier alpha value is -3.68. The Morgan fingerprint density at radius 1 is 1.30 bits per heavy atom. The third-order valence-electron chi connectivity index (χ3n) is 4.00. The SMILES string of the molecule is CNc1ncc(C(=O)OCc2cccc(C)c2)c2nc(-c3ccco3)nn12. The van der Waals surface area contributed by atoms with Crippen molar-refractivity contribution < 1.29 is 13.9 Å². The molecule has 0 fully saturated rings. The number of nitrogens with zero attached hydrogens (tertiary/aromatic N) is 4. The zero-order chi connectivity index (χ0) is 18.8. The topological polar surface area (TPSA) is 94.5 Å². The maximum Gasteiger partial charge on any atom is 0.343 e. The fourth-order valence-electron chi connectivity index (χ4n) is 2.73. The first-order valence-electron chi connectivity index (χ1n) is 8.36. The number of aromatic nitrogens is 4.